The van der Waals surface area contributed by atoms with Gasteiger partial charge >= 0.3 is 0 Å². The molecule has 0 aliphatic rings. The van der Waals surface area contributed by atoms with Crippen LogP contribution in [0.25, 0.3) is 0 Å². The second-order valence-electron chi connectivity index (χ2n) is 4.01. The molecule has 0 saturated carbocycles. The topological polar surface area (TPSA) is 76.4 Å². The highest BCUT2D eigenvalue weighted by atomic mass is 15.3. The molecule has 0 heterocycles. The minimum atomic E-state index is 0.326. The smallest absolute Gasteiger partial charge is 0.203 e. The van der Waals surface area contributed by atoms with Crippen molar-refractivity contribution in [1.82, 2.24) is 5.43 Å². The van der Waals surface area contributed by atoms with Gasteiger partial charge in [0.05, 0.1) is 0 Å². The Hall–Kier alpha value is -0.770. The summed E-state index contributed by atoms with van der Waals surface area (Å²) in [7, 11) is 0. The van der Waals surface area contributed by atoms with E-state index in [1.807, 2.05) is 0 Å². The summed E-state index contributed by atoms with van der Waals surface area (Å²) in [5, 5.41) is 0. The van der Waals surface area contributed by atoms with E-state index in [1.54, 1.807) is 0 Å². The van der Waals surface area contributed by atoms with Crippen LogP contribution in [0.4, 0.5) is 0 Å². The molecule has 4 nitrogen and oxygen atoms in total. The fourth-order valence-corrected chi connectivity index (χ4v) is 1.26. The summed E-state index contributed by atoms with van der Waals surface area (Å²) < 4.78 is 0. The highest BCUT2D eigenvalue weighted by Gasteiger charge is 1.94. The minimum Gasteiger partial charge on any atom is -0.369 e. The molecule has 0 unspecified atom stereocenters. The number of hydrogen-bond donors (Lipinski definition) is 3. The van der Waals surface area contributed by atoms with Gasteiger partial charge in [-0.2, -0.15) is 0 Å². The molecule has 0 radical (unpaired) electrons. The number of aliphatic imine (C=N–C) groups is 1. The number of rotatable bonds is 7. The second-order valence-corrected chi connectivity index (χ2v) is 4.01. The summed E-state index contributed by atoms with van der Waals surface area (Å²) in [6, 6.07) is 0. The summed E-state index contributed by atoms with van der Waals surface area (Å²) in [5.41, 5.74) is 7.68. The molecule has 0 aliphatic heterocycles. The van der Waals surface area contributed by atoms with Gasteiger partial charge < -0.3 is 5.73 Å². The van der Waals surface area contributed by atoms with Crippen molar-refractivity contribution in [3.8, 4) is 0 Å². The number of unbranched alkanes of at least 4 members (excludes halogenated alkanes) is 3. The maximum absolute atomic E-state index is 5.37. The van der Waals surface area contributed by atoms with Crippen LogP contribution in [0.2, 0.25) is 0 Å². The van der Waals surface area contributed by atoms with Crippen LogP contribution < -0.4 is 17.0 Å². The molecule has 84 valence electrons. The summed E-state index contributed by atoms with van der Waals surface area (Å²) in [6.07, 6.45) is 6.28. The molecule has 0 rings (SSSR count). The highest BCUT2D eigenvalue weighted by Crippen LogP contribution is 2.09. The van der Waals surface area contributed by atoms with Gasteiger partial charge in [-0.25, -0.2) is 5.84 Å². The zero-order chi connectivity index (χ0) is 10.8. The van der Waals surface area contributed by atoms with Crippen LogP contribution in [0.3, 0.4) is 0 Å². The zero-order valence-corrected chi connectivity index (χ0v) is 9.42. The fourth-order valence-electron chi connectivity index (χ4n) is 1.26. The Morgan fingerprint density at radius 1 is 1.21 bits per heavy atom. The lowest BCUT2D eigenvalue weighted by atomic mass is 10.0. The maximum Gasteiger partial charge on any atom is 0.203 e. The van der Waals surface area contributed by atoms with E-state index in [1.165, 1.54) is 25.7 Å². The van der Waals surface area contributed by atoms with Crippen molar-refractivity contribution in [2.45, 2.75) is 46.0 Å². The number of guanidine groups is 1. The normalized spacial score (nSPS) is 12.1. The predicted octanol–water partition coefficient (Wildman–Crippen LogP) is 1.37. The van der Waals surface area contributed by atoms with Crippen LogP contribution in [-0.2, 0) is 0 Å². The molecule has 14 heavy (non-hydrogen) atoms. The van der Waals surface area contributed by atoms with Gasteiger partial charge in [-0.3, -0.25) is 10.4 Å². The van der Waals surface area contributed by atoms with Gasteiger partial charge in [0.2, 0.25) is 5.96 Å². The van der Waals surface area contributed by atoms with E-state index in [0.717, 1.165) is 18.9 Å². The standard InChI is InChI=1S/C10H24N4/c1-9(2)7-5-3-4-6-8-13-10(11)14-12/h9H,3-8,12H2,1-2H3,(H3,11,13,14). The molecular formula is C10H24N4. The van der Waals surface area contributed by atoms with Gasteiger partial charge in [0.15, 0.2) is 0 Å². The Balaban J connectivity index is 3.14. The summed E-state index contributed by atoms with van der Waals surface area (Å²) in [4.78, 5) is 4.03. The average molecular weight is 200 g/mol. The molecule has 0 saturated heterocycles. The highest BCUT2D eigenvalue weighted by molar-refractivity contribution is 5.76. The van der Waals surface area contributed by atoms with E-state index in [2.05, 4.69) is 24.3 Å². The van der Waals surface area contributed by atoms with Crippen molar-refractivity contribution in [3.05, 3.63) is 0 Å². The summed E-state index contributed by atoms with van der Waals surface area (Å²) in [5.74, 6) is 6.21. The zero-order valence-electron chi connectivity index (χ0n) is 9.42. The van der Waals surface area contributed by atoms with Crippen molar-refractivity contribution in [2.75, 3.05) is 6.54 Å². The number of nitrogens with one attached hydrogen (secondary N) is 1. The van der Waals surface area contributed by atoms with Crippen molar-refractivity contribution in [1.29, 1.82) is 0 Å². The molecule has 0 aliphatic carbocycles. The van der Waals surface area contributed by atoms with Gasteiger partial charge in [0.1, 0.15) is 0 Å². The van der Waals surface area contributed by atoms with Crippen molar-refractivity contribution in [2.24, 2.45) is 22.5 Å². The van der Waals surface area contributed by atoms with Gasteiger partial charge in [0, 0.05) is 6.54 Å². The lowest BCUT2D eigenvalue weighted by Crippen LogP contribution is -2.37. The van der Waals surface area contributed by atoms with E-state index in [-0.39, 0.29) is 0 Å². The SMILES string of the molecule is CC(C)CCCCCCN=C(N)NN. The summed E-state index contributed by atoms with van der Waals surface area (Å²) >= 11 is 0. The molecule has 0 aromatic heterocycles. The van der Waals surface area contributed by atoms with E-state index in [4.69, 9.17) is 11.6 Å². The van der Waals surface area contributed by atoms with E-state index < -0.39 is 0 Å². The Morgan fingerprint density at radius 2 is 1.86 bits per heavy atom. The Kier molecular flexibility index (Phi) is 8.33. The summed E-state index contributed by atoms with van der Waals surface area (Å²) in [6.45, 7) is 5.30. The van der Waals surface area contributed by atoms with E-state index in [0.29, 0.717) is 5.96 Å². The van der Waals surface area contributed by atoms with Gasteiger partial charge in [0.25, 0.3) is 0 Å². The minimum absolute atomic E-state index is 0.326. The van der Waals surface area contributed by atoms with Gasteiger partial charge in [-0.05, 0) is 12.3 Å². The van der Waals surface area contributed by atoms with Gasteiger partial charge in [-0.1, -0.05) is 39.5 Å². The van der Waals surface area contributed by atoms with Crippen molar-refractivity contribution >= 4 is 5.96 Å². The molecule has 0 aromatic rings. The molecular weight excluding hydrogens is 176 g/mol. The lowest BCUT2D eigenvalue weighted by Gasteiger charge is -2.03. The van der Waals surface area contributed by atoms with Crippen LogP contribution in [-0.4, -0.2) is 12.5 Å². The number of nitrogens with two attached hydrogens (primary N) is 2. The largest absolute Gasteiger partial charge is 0.369 e. The molecule has 0 bridgehead atoms. The molecule has 0 fully saturated rings. The van der Waals surface area contributed by atoms with Crippen LogP contribution in [0.1, 0.15) is 46.0 Å². The first-order valence-corrected chi connectivity index (χ1v) is 5.43. The molecule has 0 spiro atoms. The van der Waals surface area contributed by atoms with Crippen LogP contribution in [0, 0.1) is 5.92 Å². The predicted molar refractivity (Wildman–Crippen MR) is 61.7 cm³/mol. The van der Waals surface area contributed by atoms with Crippen LogP contribution in [0.15, 0.2) is 4.99 Å². The Morgan fingerprint density at radius 3 is 2.43 bits per heavy atom. The Bertz CT molecular complexity index is 154. The third-order valence-corrected chi connectivity index (χ3v) is 2.12. The Labute approximate surface area is 87.1 Å². The van der Waals surface area contributed by atoms with Crippen molar-refractivity contribution in [3.63, 3.8) is 0 Å². The molecule has 0 atom stereocenters. The van der Waals surface area contributed by atoms with E-state index in [9.17, 15) is 0 Å². The number of nitrogens with zero attached hydrogens (tertiary/aromatic N) is 1. The third-order valence-electron chi connectivity index (χ3n) is 2.12. The number of hydrogen-bond acceptors (Lipinski definition) is 2. The van der Waals surface area contributed by atoms with Crippen LogP contribution in [0.5, 0.6) is 0 Å². The molecule has 4 heteroatoms. The third kappa shape index (κ3) is 9.32. The van der Waals surface area contributed by atoms with Crippen molar-refractivity contribution < 1.29 is 0 Å². The lowest BCUT2D eigenvalue weighted by molar-refractivity contribution is 0.521. The second kappa shape index (κ2) is 8.81. The molecule has 0 aromatic carbocycles. The molecule has 0 amide bonds. The maximum atomic E-state index is 5.37. The fraction of sp³-hybridized carbons (Fsp3) is 0.900. The molecule has 5 N–H and O–H groups in total. The number of hydrazine groups is 1. The van der Waals surface area contributed by atoms with E-state index >= 15 is 0 Å². The first-order valence-electron chi connectivity index (χ1n) is 5.43. The first-order chi connectivity index (χ1) is 6.66. The first kappa shape index (κ1) is 13.2. The quantitative estimate of drug-likeness (QED) is 0.191. The average Bonchev–Trinajstić information content (AvgIpc) is 2.15. The monoisotopic (exact) mass is 200 g/mol. The van der Waals surface area contributed by atoms with Gasteiger partial charge in [-0.15, -0.1) is 0 Å². The van der Waals surface area contributed by atoms with Crippen LogP contribution >= 0.6 is 0 Å².